The van der Waals surface area contributed by atoms with Crippen molar-refractivity contribution >= 4 is 5.91 Å². The molecule has 104 valence electrons. The number of pyridine rings is 1. The molecule has 0 spiro atoms. The monoisotopic (exact) mass is 261 g/mol. The van der Waals surface area contributed by atoms with Crippen molar-refractivity contribution in [3.05, 3.63) is 30.1 Å². The number of rotatable bonds is 3. The normalized spacial score (nSPS) is 23.2. The van der Waals surface area contributed by atoms with Crippen LogP contribution in [0, 0.1) is 5.41 Å². The highest BCUT2D eigenvalue weighted by molar-refractivity contribution is 5.82. The fraction of sp³-hybridized carbons (Fsp3) is 0.600. The van der Waals surface area contributed by atoms with E-state index in [1.54, 1.807) is 6.20 Å². The van der Waals surface area contributed by atoms with Gasteiger partial charge in [-0.1, -0.05) is 19.9 Å². The lowest BCUT2D eigenvalue weighted by molar-refractivity contribution is -0.133. The van der Waals surface area contributed by atoms with E-state index in [1.165, 1.54) is 0 Å². The van der Waals surface area contributed by atoms with Crippen LogP contribution in [0.4, 0.5) is 0 Å². The van der Waals surface area contributed by atoms with E-state index < -0.39 is 0 Å². The van der Waals surface area contributed by atoms with Gasteiger partial charge in [-0.15, -0.1) is 0 Å². The zero-order valence-electron chi connectivity index (χ0n) is 12.0. The molecule has 1 saturated heterocycles. The van der Waals surface area contributed by atoms with Gasteiger partial charge in [0.15, 0.2) is 0 Å². The van der Waals surface area contributed by atoms with Gasteiger partial charge in [-0.25, -0.2) is 0 Å². The first-order valence-corrected chi connectivity index (χ1v) is 6.88. The van der Waals surface area contributed by atoms with E-state index in [0.29, 0.717) is 6.54 Å². The van der Waals surface area contributed by atoms with Crippen LogP contribution in [-0.2, 0) is 11.3 Å². The number of likely N-dealkylation sites (N-methyl/N-ethyl adjacent to an activating group) is 1. The summed E-state index contributed by atoms with van der Waals surface area (Å²) in [4.78, 5) is 18.7. The van der Waals surface area contributed by atoms with Crippen LogP contribution in [0.1, 0.15) is 32.4 Å². The highest BCUT2D eigenvalue weighted by atomic mass is 16.2. The fourth-order valence-corrected chi connectivity index (χ4v) is 2.58. The molecular formula is C15H23N3O. The van der Waals surface area contributed by atoms with Gasteiger partial charge >= 0.3 is 0 Å². The topological polar surface area (TPSA) is 45.2 Å². The van der Waals surface area contributed by atoms with Gasteiger partial charge in [0.05, 0.1) is 18.3 Å². The van der Waals surface area contributed by atoms with E-state index in [2.05, 4.69) is 24.1 Å². The van der Waals surface area contributed by atoms with Gasteiger partial charge in [0, 0.05) is 12.7 Å². The van der Waals surface area contributed by atoms with Gasteiger partial charge in [-0.05, 0) is 37.4 Å². The molecular weight excluding hydrogens is 238 g/mol. The zero-order chi connectivity index (χ0) is 13.9. The van der Waals surface area contributed by atoms with Crippen molar-refractivity contribution in [3.63, 3.8) is 0 Å². The molecule has 1 aromatic heterocycles. The van der Waals surface area contributed by atoms with Gasteiger partial charge in [0.1, 0.15) is 0 Å². The summed E-state index contributed by atoms with van der Waals surface area (Å²) in [7, 11) is 1.86. The molecule has 4 nitrogen and oxygen atoms in total. The van der Waals surface area contributed by atoms with Crippen LogP contribution in [0.15, 0.2) is 24.4 Å². The Morgan fingerprint density at radius 1 is 1.47 bits per heavy atom. The summed E-state index contributed by atoms with van der Waals surface area (Å²) in [6.45, 7) is 5.87. The first-order chi connectivity index (χ1) is 9.02. The lowest BCUT2D eigenvalue weighted by Gasteiger charge is -2.24. The Balaban J connectivity index is 2.13. The van der Waals surface area contributed by atoms with Gasteiger partial charge in [0.25, 0.3) is 0 Å². The van der Waals surface area contributed by atoms with Crippen LogP contribution in [0.2, 0.25) is 0 Å². The molecule has 0 aromatic carbocycles. The van der Waals surface area contributed by atoms with E-state index in [0.717, 1.165) is 25.1 Å². The third kappa shape index (κ3) is 3.53. The minimum atomic E-state index is -0.0822. The van der Waals surface area contributed by atoms with Crippen molar-refractivity contribution in [1.29, 1.82) is 0 Å². The molecule has 1 unspecified atom stereocenters. The standard InChI is InChI=1S/C15H23N3O/c1-15(2)7-9-18(14(19)13(10-15)16-3)11-12-6-4-5-8-17-12/h4-6,8,13,16H,7,9-11H2,1-3H3. The summed E-state index contributed by atoms with van der Waals surface area (Å²) in [5, 5.41) is 3.15. The summed E-state index contributed by atoms with van der Waals surface area (Å²) in [6.07, 6.45) is 3.70. The molecule has 0 saturated carbocycles. The molecule has 0 bridgehead atoms. The van der Waals surface area contributed by atoms with Crippen LogP contribution in [0.5, 0.6) is 0 Å². The first-order valence-electron chi connectivity index (χ1n) is 6.88. The molecule has 0 radical (unpaired) electrons. The summed E-state index contributed by atoms with van der Waals surface area (Å²) in [5.74, 6) is 0.193. The third-order valence-corrected chi connectivity index (χ3v) is 3.85. The summed E-state index contributed by atoms with van der Waals surface area (Å²) >= 11 is 0. The minimum absolute atomic E-state index is 0.0822. The minimum Gasteiger partial charge on any atom is -0.335 e. The SMILES string of the molecule is CNC1CC(C)(C)CCN(Cc2ccccn2)C1=O. The first kappa shape index (κ1) is 14.0. The Hall–Kier alpha value is -1.42. The van der Waals surface area contributed by atoms with E-state index in [-0.39, 0.29) is 17.4 Å². The second kappa shape index (κ2) is 5.70. The number of carbonyl (C=O) groups is 1. The second-order valence-electron chi connectivity index (χ2n) is 6.04. The molecule has 19 heavy (non-hydrogen) atoms. The smallest absolute Gasteiger partial charge is 0.240 e. The van der Waals surface area contributed by atoms with E-state index in [1.807, 2.05) is 30.1 Å². The average molecular weight is 261 g/mol. The van der Waals surface area contributed by atoms with Crippen molar-refractivity contribution in [3.8, 4) is 0 Å². The maximum Gasteiger partial charge on any atom is 0.240 e. The van der Waals surface area contributed by atoms with Crippen molar-refractivity contribution in [2.24, 2.45) is 5.41 Å². The van der Waals surface area contributed by atoms with Gasteiger partial charge in [-0.3, -0.25) is 9.78 Å². The van der Waals surface area contributed by atoms with Gasteiger partial charge in [-0.2, -0.15) is 0 Å². The van der Waals surface area contributed by atoms with Crippen molar-refractivity contribution in [2.45, 2.75) is 39.3 Å². The molecule has 0 aliphatic carbocycles. The Labute approximate surface area is 115 Å². The lowest BCUT2D eigenvalue weighted by atomic mass is 9.83. The number of nitrogens with one attached hydrogen (secondary N) is 1. The molecule has 2 heterocycles. The zero-order valence-corrected chi connectivity index (χ0v) is 12.0. The fourth-order valence-electron chi connectivity index (χ4n) is 2.58. The van der Waals surface area contributed by atoms with Crippen LogP contribution < -0.4 is 5.32 Å². The highest BCUT2D eigenvalue weighted by Gasteiger charge is 2.34. The molecule has 2 rings (SSSR count). The molecule has 1 aliphatic heterocycles. The third-order valence-electron chi connectivity index (χ3n) is 3.85. The lowest BCUT2D eigenvalue weighted by Crippen LogP contribution is -2.44. The van der Waals surface area contributed by atoms with Crippen LogP contribution >= 0.6 is 0 Å². The van der Waals surface area contributed by atoms with E-state index in [9.17, 15) is 4.79 Å². The number of aromatic nitrogens is 1. The average Bonchev–Trinajstić information content (AvgIpc) is 2.51. The van der Waals surface area contributed by atoms with E-state index >= 15 is 0 Å². The quantitative estimate of drug-likeness (QED) is 0.902. The van der Waals surface area contributed by atoms with Crippen LogP contribution in [0.3, 0.4) is 0 Å². The summed E-state index contributed by atoms with van der Waals surface area (Å²) < 4.78 is 0. The number of likely N-dealkylation sites (tertiary alicyclic amines) is 1. The maximum absolute atomic E-state index is 12.5. The Morgan fingerprint density at radius 2 is 2.26 bits per heavy atom. The Kier molecular flexibility index (Phi) is 4.20. The largest absolute Gasteiger partial charge is 0.335 e. The second-order valence-corrected chi connectivity index (χ2v) is 6.04. The summed E-state index contributed by atoms with van der Waals surface area (Å²) in [5.41, 5.74) is 1.15. The number of nitrogens with zero attached hydrogens (tertiary/aromatic N) is 2. The van der Waals surface area contributed by atoms with Gasteiger partial charge < -0.3 is 10.2 Å². The number of carbonyl (C=O) groups excluding carboxylic acids is 1. The maximum atomic E-state index is 12.5. The Morgan fingerprint density at radius 3 is 2.89 bits per heavy atom. The number of hydrogen-bond acceptors (Lipinski definition) is 3. The van der Waals surface area contributed by atoms with Crippen molar-refractivity contribution < 1.29 is 4.79 Å². The predicted octanol–water partition coefficient (Wildman–Crippen LogP) is 1.82. The molecule has 4 heteroatoms. The molecule has 1 aromatic rings. The molecule has 1 N–H and O–H groups in total. The van der Waals surface area contributed by atoms with Crippen LogP contribution in [0.25, 0.3) is 0 Å². The molecule has 1 fully saturated rings. The van der Waals surface area contributed by atoms with Crippen LogP contribution in [-0.4, -0.2) is 35.4 Å². The van der Waals surface area contributed by atoms with E-state index in [4.69, 9.17) is 0 Å². The van der Waals surface area contributed by atoms with Crippen molar-refractivity contribution in [2.75, 3.05) is 13.6 Å². The molecule has 1 atom stereocenters. The predicted molar refractivity (Wildman–Crippen MR) is 75.5 cm³/mol. The molecule has 1 amide bonds. The summed E-state index contributed by atoms with van der Waals surface area (Å²) in [6, 6.07) is 5.75. The Bertz CT molecular complexity index is 430. The highest BCUT2D eigenvalue weighted by Crippen LogP contribution is 2.30. The molecule has 1 aliphatic rings. The number of hydrogen-bond donors (Lipinski definition) is 1. The van der Waals surface area contributed by atoms with Crippen molar-refractivity contribution in [1.82, 2.24) is 15.2 Å². The number of amides is 1. The van der Waals surface area contributed by atoms with Gasteiger partial charge in [0.2, 0.25) is 5.91 Å².